The van der Waals surface area contributed by atoms with E-state index in [0.717, 1.165) is 0 Å². The van der Waals surface area contributed by atoms with Gasteiger partial charge in [0.05, 0.1) is 22.0 Å². The molecular weight excluding hydrogens is 319 g/mol. The number of nitrogens with zero attached hydrogens (tertiary/aromatic N) is 1. The van der Waals surface area contributed by atoms with Crippen LogP contribution in [-0.4, -0.2) is 23.5 Å². The van der Waals surface area contributed by atoms with Gasteiger partial charge in [-0.3, -0.25) is 4.79 Å². The lowest BCUT2D eigenvalue weighted by atomic mass is 10.3. The molecule has 0 unspecified atom stereocenters. The van der Waals surface area contributed by atoms with E-state index in [1.165, 1.54) is 24.5 Å². The van der Waals surface area contributed by atoms with E-state index in [2.05, 4.69) is 10.3 Å². The Balaban J connectivity index is 1.93. The van der Waals surface area contributed by atoms with Crippen molar-refractivity contribution in [3.05, 3.63) is 46.0 Å². The van der Waals surface area contributed by atoms with Gasteiger partial charge in [0.15, 0.2) is 12.4 Å². The molecule has 0 aliphatic heterocycles. The predicted molar refractivity (Wildman–Crippen MR) is 76.6 cm³/mol. The van der Waals surface area contributed by atoms with Crippen molar-refractivity contribution in [3.63, 3.8) is 0 Å². The lowest BCUT2D eigenvalue weighted by Gasteiger charge is -2.08. The van der Waals surface area contributed by atoms with E-state index in [-0.39, 0.29) is 16.6 Å². The lowest BCUT2D eigenvalue weighted by Crippen LogP contribution is -2.21. The summed E-state index contributed by atoms with van der Waals surface area (Å²) in [6, 6.07) is 4.44. The number of anilines is 1. The second-order valence-electron chi connectivity index (χ2n) is 3.99. The van der Waals surface area contributed by atoms with Gasteiger partial charge < -0.3 is 14.5 Å². The Morgan fingerprint density at radius 2 is 2.14 bits per heavy atom. The summed E-state index contributed by atoms with van der Waals surface area (Å²) in [6.45, 7) is 1.18. The molecule has 1 N–H and O–H groups in total. The first-order chi connectivity index (χ1) is 9.97. The van der Waals surface area contributed by atoms with Gasteiger partial charge in [-0.1, -0.05) is 23.2 Å². The molecule has 0 saturated heterocycles. The Morgan fingerprint density at radius 1 is 1.38 bits per heavy atom. The van der Waals surface area contributed by atoms with Gasteiger partial charge in [0.25, 0.3) is 5.91 Å². The minimum Gasteiger partial charge on any atom is -0.457 e. The van der Waals surface area contributed by atoms with Crippen LogP contribution in [0, 0.1) is 6.92 Å². The molecule has 6 nitrogen and oxygen atoms in total. The Kier molecular flexibility index (Phi) is 4.82. The molecular formula is C13H10Cl2N2O4. The smallest absolute Gasteiger partial charge is 0.374 e. The number of carbonyl (C=O) groups is 2. The number of pyridine rings is 1. The summed E-state index contributed by atoms with van der Waals surface area (Å²) < 4.78 is 9.61. The van der Waals surface area contributed by atoms with Crippen LogP contribution in [0.5, 0.6) is 0 Å². The van der Waals surface area contributed by atoms with Crippen molar-refractivity contribution in [3.8, 4) is 0 Å². The number of rotatable bonds is 4. The maximum atomic E-state index is 11.7. The van der Waals surface area contributed by atoms with Crippen molar-refractivity contribution in [2.24, 2.45) is 0 Å². The summed E-state index contributed by atoms with van der Waals surface area (Å²) in [4.78, 5) is 27.2. The maximum Gasteiger partial charge on any atom is 0.374 e. The molecule has 0 atom stereocenters. The molecule has 0 bridgehead atoms. The number of carbonyl (C=O) groups excluding carboxylic acids is 2. The minimum absolute atomic E-state index is 0.0151. The molecule has 0 aliphatic carbocycles. The number of amides is 1. The molecule has 0 fully saturated rings. The van der Waals surface area contributed by atoms with Gasteiger partial charge in [-0.05, 0) is 25.1 Å². The van der Waals surface area contributed by atoms with Crippen molar-refractivity contribution in [1.82, 2.24) is 4.98 Å². The number of aryl methyl sites for hydroxylation is 1. The van der Waals surface area contributed by atoms with Crippen LogP contribution in [0.15, 0.2) is 28.9 Å². The van der Waals surface area contributed by atoms with Crippen LogP contribution in [0.1, 0.15) is 16.2 Å². The summed E-state index contributed by atoms with van der Waals surface area (Å²) in [5, 5.41) is 3.01. The first-order valence-corrected chi connectivity index (χ1v) is 6.56. The van der Waals surface area contributed by atoms with E-state index in [1.54, 1.807) is 6.92 Å². The van der Waals surface area contributed by atoms with Crippen molar-refractivity contribution < 1.29 is 18.7 Å². The number of halogens is 2. The highest BCUT2D eigenvalue weighted by molar-refractivity contribution is 6.36. The van der Waals surface area contributed by atoms with Gasteiger partial charge in [-0.2, -0.15) is 0 Å². The largest absolute Gasteiger partial charge is 0.457 e. The van der Waals surface area contributed by atoms with Crippen LogP contribution in [0.2, 0.25) is 10.0 Å². The topological polar surface area (TPSA) is 81.4 Å². The molecule has 1 amide bonds. The molecule has 0 radical (unpaired) electrons. The first kappa shape index (κ1) is 15.3. The van der Waals surface area contributed by atoms with Crippen LogP contribution in [0.3, 0.4) is 0 Å². The van der Waals surface area contributed by atoms with Gasteiger partial charge in [0.1, 0.15) is 0 Å². The van der Waals surface area contributed by atoms with Crippen LogP contribution in [0.25, 0.3) is 0 Å². The van der Waals surface area contributed by atoms with Crippen LogP contribution in [-0.2, 0) is 9.53 Å². The molecule has 8 heteroatoms. The predicted octanol–water partition coefficient (Wildman–Crippen LogP) is 3.09. The molecule has 2 rings (SSSR count). The highest BCUT2D eigenvalue weighted by Gasteiger charge is 2.14. The minimum atomic E-state index is -0.735. The zero-order valence-corrected chi connectivity index (χ0v) is 12.4. The number of furan rings is 1. The fourth-order valence-electron chi connectivity index (χ4n) is 1.41. The normalized spacial score (nSPS) is 10.2. The van der Waals surface area contributed by atoms with Crippen LogP contribution in [0.4, 0.5) is 5.82 Å². The second-order valence-corrected chi connectivity index (χ2v) is 4.80. The highest BCUT2D eigenvalue weighted by Crippen LogP contribution is 2.25. The zero-order valence-electron chi connectivity index (χ0n) is 10.9. The Hall–Kier alpha value is -2.05. The van der Waals surface area contributed by atoms with Gasteiger partial charge in [-0.25, -0.2) is 9.78 Å². The van der Waals surface area contributed by atoms with Crippen molar-refractivity contribution >= 4 is 40.9 Å². The lowest BCUT2D eigenvalue weighted by molar-refractivity contribution is -0.119. The standard InChI is InChI=1S/C13H10Cl2N2O4/c1-7-8(14)5-9(15)12(16-7)17-11(18)6-21-13(19)10-3-2-4-20-10/h2-5H,6H2,1H3,(H,16,17,18). The molecule has 0 aromatic carbocycles. The van der Waals surface area contributed by atoms with Gasteiger partial charge in [0.2, 0.25) is 5.76 Å². The molecule has 110 valence electrons. The van der Waals surface area contributed by atoms with E-state index in [9.17, 15) is 9.59 Å². The molecule has 2 heterocycles. The SMILES string of the molecule is Cc1nc(NC(=O)COC(=O)c2ccco2)c(Cl)cc1Cl. The highest BCUT2D eigenvalue weighted by atomic mass is 35.5. The number of esters is 1. The summed E-state index contributed by atoms with van der Waals surface area (Å²) in [5.41, 5.74) is 0.518. The van der Waals surface area contributed by atoms with E-state index in [0.29, 0.717) is 10.7 Å². The van der Waals surface area contributed by atoms with E-state index in [4.69, 9.17) is 32.4 Å². The third kappa shape index (κ3) is 3.96. The fourth-order valence-corrected chi connectivity index (χ4v) is 1.82. The number of hydrogen-bond acceptors (Lipinski definition) is 5. The third-order valence-electron chi connectivity index (χ3n) is 2.42. The maximum absolute atomic E-state index is 11.7. The van der Waals surface area contributed by atoms with Crippen molar-refractivity contribution in [2.75, 3.05) is 11.9 Å². The van der Waals surface area contributed by atoms with Crippen molar-refractivity contribution in [2.45, 2.75) is 6.92 Å². The Bertz CT molecular complexity index is 671. The average molecular weight is 329 g/mol. The Morgan fingerprint density at radius 3 is 2.81 bits per heavy atom. The fraction of sp³-hybridized carbons (Fsp3) is 0.154. The number of hydrogen-bond donors (Lipinski definition) is 1. The van der Waals surface area contributed by atoms with Crippen LogP contribution < -0.4 is 5.32 Å². The number of ether oxygens (including phenoxy) is 1. The van der Waals surface area contributed by atoms with Gasteiger partial charge in [0, 0.05) is 0 Å². The van der Waals surface area contributed by atoms with Crippen molar-refractivity contribution in [1.29, 1.82) is 0 Å². The third-order valence-corrected chi connectivity index (χ3v) is 3.09. The molecule has 21 heavy (non-hydrogen) atoms. The molecule has 0 aliphatic rings. The van der Waals surface area contributed by atoms with E-state index in [1.807, 2.05) is 0 Å². The summed E-state index contributed by atoms with van der Waals surface area (Å²) >= 11 is 11.7. The van der Waals surface area contributed by atoms with Gasteiger partial charge >= 0.3 is 5.97 Å². The summed E-state index contributed by atoms with van der Waals surface area (Å²) in [7, 11) is 0. The van der Waals surface area contributed by atoms with E-state index < -0.39 is 18.5 Å². The molecule has 2 aromatic heterocycles. The zero-order chi connectivity index (χ0) is 15.4. The second kappa shape index (κ2) is 6.60. The van der Waals surface area contributed by atoms with E-state index >= 15 is 0 Å². The molecule has 0 saturated carbocycles. The monoisotopic (exact) mass is 328 g/mol. The average Bonchev–Trinajstić information content (AvgIpc) is 2.96. The van der Waals surface area contributed by atoms with Crippen LogP contribution >= 0.6 is 23.2 Å². The number of aromatic nitrogens is 1. The van der Waals surface area contributed by atoms with Gasteiger partial charge in [-0.15, -0.1) is 0 Å². The molecule has 0 spiro atoms. The summed E-state index contributed by atoms with van der Waals surface area (Å²) in [5.74, 6) is -1.15. The summed E-state index contributed by atoms with van der Waals surface area (Å²) in [6.07, 6.45) is 1.33. The quantitative estimate of drug-likeness (QED) is 0.872. The first-order valence-electron chi connectivity index (χ1n) is 5.80. The number of nitrogens with one attached hydrogen (secondary N) is 1. The molecule has 2 aromatic rings. The Labute approximate surface area is 130 Å².